The van der Waals surface area contributed by atoms with Crippen LogP contribution in [0.4, 0.5) is 21.5 Å². The van der Waals surface area contributed by atoms with Gasteiger partial charge in [0.2, 0.25) is 0 Å². The Hall–Kier alpha value is -1.88. The number of hydrogen-bond donors (Lipinski definition) is 0. The van der Waals surface area contributed by atoms with E-state index >= 15 is 0 Å². The average molecular weight is 389 g/mol. The first-order chi connectivity index (χ1) is 10.2. The Labute approximate surface area is 137 Å². The molecular weight excluding hydrogens is 376 g/mol. The van der Waals surface area contributed by atoms with Gasteiger partial charge in [0.1, 0.15) is 5.82 Å². The maximum absolute atomic E-state index is 13.6. The summed E-state index contributed by atoms with van der Waals surface area (Å²) in [7, 11) is 0. The Bertz CT molecular complexity index is 726. The van der Waals surface area contributed by atoms with Gasteiger partial charge in [-0.3, -0.25) is 0 Å². The quantitative estimate of drug-likeness (QED) is 0.504. The Morgan fingerprint density at radius 2 is 1.29 bits per heavy atom. The predicted octanol–water partition coefficient (Wildman–Crippen LogP) is 5.90. The molecule has 21 heavy (non-hydrogen) atoms. The van der Waals surface area contributed by atoms with E-state index in [2.05, 4.69) is 22.6 Å². The van der Waals surface area contributed by atoms with Crippen LogP contribution in [0, 0.1) is 9.39 Å². The first-order valence-electron chi connectivity index (χ1n) is 6.60. The number of anilines is 3. The third-order valence-corrected chi connectivity index (χ3v) is 3.88. The second-order valence-corrected chi connectivity index (χ2v) is 5.87. The molecule has 0 heterocycles. The van der Waals surface area contributed by atoms with Crippen molar-refractivity contribution < 1.29 is 4.39 Å². The molecule has 0 aliphatic heterocycles. The van der Waals surface area contributed by atoms with Gasteiger partial charge >= 0.3 is 0 Å². The molecule has 0 fully saturated rings. The van der Waals surface area contributed by atoms with Gasteiger partial charge in [-0.05, 0) is 77.2 Å². The van der Waals surface area contributed by atoms with E-state index in [1.165, 1.54) is 9.64 Å². The molecule has 3 aromatic rings. The van der Waals surface area contributed by atoms with Crippen LogP contribution in [0.3, 0.4) is 0 Å². The Morgan fingerprint density at radius 3 is 1.95 bits per heavy atom. The lowest BCUT2D eigenvalue weighted by Crippen LogP contribution is -2.09. The largest absolute Gasteiger partial charge is 0.310 e. The van der Waals surface area contributed by atoms with Gasteiger partial charge in [-0.1, -0.05) is 24.3 Å². The van der Waals surface area contributed by atoms with Crippen molar-refractivity contribution in [3.8, 4) is 0 Å². The van der Waals surface area contributed by atoms with Crippen molar-refractivity contribution in [3.63, 3.8) is 0 Å². The molecule has 0 unspecified atom stereocenters. The number of rotatable bonds is 3. The van der Waals surface area contributed by atoms with E-state index in [1.807, 2.05) is 65.6 Å². The molecular formula is C18H13FIN. The van der Waals surface area contributed by atoms with E-state index in [0.717, 1.165) is 17.1 Å². The van der Waals surface area contributed by atoms with Gasteiger partial charge in [0, 0.05) is 20.6 Å². The molecule has 3 heteroatoms. The van der Waals surface area contributed by atoms with Gasteiger partial charge < -0.3 is 4.90 Å². The van der Waals surface area contributed by atoms with Crippen LogP contribution in [0.2, 0.25) is 0 Å². The number of nitrogens with zero attached hydrogens (tertiary/aromatic N) is 1. The van der Waals surface area contributed by atoms with Gasteiger partial charge in [0.15, 0.2) is 0 Å². The van der Waals surface area contributed by atoms with Crippen LogP contribution in [0.15, 0.2) is 78.9 Å². The van der Waals surface area contributed by atoms with E-state index in [9.17, 15) is 4.39 Å². The van der Waals surface area contributed by atoms with E-state index in [4.69, 9.17) is 0 Å². The first-order valence-corrected chi connectivity index (χ1v) is 7.68. The van der Waals surface area contributed by atoms with Crippen LogP contribution in [0.1, 0.15) is 0 Å². The van der Waals surface area contributed by atoms with E-state index in [-0.39, 0.29) is 5.82 Å². The zero-order valence-electron chi connectivity index (χ0n) is 11.2. The zero-order valence-corrected chi connectivity index (χ0v) is 13.4. The molecule has 0 saturated heterocycles. The minimum atomic E-state index is -0.237. The summed E-state index contributed by atoms with van der Waals surface area (Å²) < 4.78 is 14.8. The summed E-state index contributed by atoms with van der Waals surface area (Å²) in [6.45, 7) is 0. The monoisotopic (exact) mass is 389 g/mol. The van der Waals surface area contributed by atoms with Crippen molar-refractivity contribution in [1.29, 1.82) is 0 Å². The molecule has 0 amide bonds. The van der Waals surface area contributed by atoms with Crippen LogP contribution < -0.4 is 4.90 Å². The van der Waals surface area contributed by atoms with Gasteiger partial charge in [-0.15, -0.1) is 0 Å². The standard InChI is InChI=1S/C18H13FIN/c19-14-5-4-8-18(13-14)21(16-6-2-1-3-7-16)17-11-9-15(20)10-12-17/h1-13H. The van der Waals surface area contributed by atoms with Gasteiger partial charge in [0.05, 0.1) is 0 Å². The second kappa shape index (κ2) is 6.26. The second-order valence-electron chi connectivity index (χ2n) is 4.63. The molecule has 0 saturated carbocycles. The van der Waals surface area contributed by atoms with Crippen LogP contribution >= 0.6 is 22.6 Å². The smallest absolute Gasteiger partial charge is 0.125 e. The highest BCUT2D eigenvalue weighted by Crippen LogP contribution is 2.34. The molecule has 104 valence electrons. The maximum atomic E-state index is 13.6. The van der Waals surface area contributed by atoms with Crippen LogP contribution in [-0.4, -0.2) is 0 Å². The molecule has 0 aromatic heterocycles. The number of halogens is 2. The Morgan fingerprint density at radius 1 is 0.667 bits per heavy atom. The van der Waals surface area contributed by atoms with Crippen LogP contribution in [0.5, 0.6) is 0 Å². The summed E-state index contributed by atoms with van der Waals surface area (Å²) in [5, 5.41) is 0. The van der Waals surface area contributed by atoms with E-state index in [0.29, 0.717) is 0 Å². The highest BCUT2D eigenvalue weighted by Gasteiger charge is 2.12. The summed E-state index contributed by atoms with van der Waals surface area (Å²) in [6.07, 6.45) is 0. The topological polar surface area (TPSA) is 3.24 Å². The maximum Gasteiger partial charge on any atom is 0.125 e. The van der Waals surface area contributed by atoms with Gasteiger partial charge in [-0.2, -0.15) is 0 Å². The van der Waals surface area contributed by atoms with Crippen LogP contribution in [-0.2, 0) is 0 Å². The summed E-state index contributed by atoms with van der Waals surface area (Å²) in [5.41, 5.74) is 2.82. The Kier molecular flexibility index (Phi) is 4.20. The summed E-state index contributed by atoms with van der Waals surface area (Å²) in [5.74, 6) is -0.237. The summed E-state index contributed by atoms with van der Waals surface area (Å²) >= 11 is 2.28. The lowest BCUT2D eigenvalue weighted by atomic mass is 10.2. The summed E-state index contributed by atoms with van der Waals surface area (Å²) in [4.78, 5) is 2.04. The molecule has 0 aliphatic rings. The minimum Gasteiger partial charge on any atom is -0.310 e. The van der Waals surface area contributed by atoms with Crippen molar-refractivity contribution in [2.45, 2.75) is 0 Å². The Balaban J connectivity index is 2.13. The van der Waals surface area contributed by atoms with Crippen LogP contribution in [0.25, 0.3) is 0 Å². The predicted molar refractivity (Wildman–Crippen MR) is 93.8 cm³/mol. The van der Waals surface area contributed by atoms with Crippen molar-refractivity contribution in [2.24, 2.45) is 0 Å². The van der Waals surface area contributed by atoms with Gasteiger partial charge in [-0.25, -0.2) is 4.39 Å². The fourth-order valence-electron chi connectivity index (χ4n) is 2.23. The van der Waals surface area contributed by atoms with Gasteiger partial charge in [0.25, 0.3) is 0 Å². The van der Waals surface area contributed by atoms with E-state index < -0.39 is 0 Å². The highest BCUT2D eigenvalue weighted by molar-refractivity contribution is 14.1. The lowest BCUT2D eigenvalue weighted by molar-refractivity contribution is 0.628. The number of benzene rings is 3. The third kappa shape index (κ3) is 3.24. The molecule has 0 spiro atoms. The van der Waals surface area contributed by atoms with Crippen molar-refractivity contribution in [1.82, 2.24) is 0 Å². The third-order valence-electron chi connectivity index (χ3n) is 3.17. The SMILES string of the molecule is Fc1cccc(N(c2ccccc2)c2ccc(I)cc2)c1. The molecule has 0 radical (unpaired) electrons. The first kappa shape index (κ1) is 14.1. The summed E-state index contributed by atoms with van der Waals surface area (Å²) in [6, 6.07) is 24.8. The number of para-hydroxylation sites is 1. The molecule has 0 atom stereocenters. The fourth-order valence-corrected chi connectivity index (χ4v) is 2.59. The molecule has 3 aromatic carbocycles. The van der Waals surface area contributed by atoms with E-state index in [1.54, 1.807) is 12.1 Å². The molecule has 0 bridgehead atoms. The minimum absolute atomic E-state index is 0.237. The number of hydrogen-bond acceptors (Lipinski definition) is 1. The molecule has 0 N–H and O–H groups in total. The highest BCUT2D eigenvalue weighted by atomic mass is 127. The van der Waals surface area contributed by atoms with Crippen molar-refractivity contribution in [3.05, 3.63) is 88.3 Å². The average Bonchev–Trinajstić information content (AvgIpc) is 2.51. The molecule has 3 rings (SSSR count). The lowest BCUT2D eigenvalue weighted by Gasteiger charge is -2.25. The molecule has 1 nitrogen and oxygen atoms in total. The fraction of sp³-hybridized carbons (Fsp3) is 0. The normalized spacial score (nSPS) is 10.4. The zero-order chi connectivity index (χ0) is 14.7. The molecule has 0 aliphatic carbocycles. The van der Waals surface area contributed by atoms with Crippen molar-refractivity contribution in [2.75, 3.05) is 4.90 Å². The van der Waals surface area contributed by atoms with Crippen molar-refractivity contribution >= 4 is 39.7 Å².